The van der Waals surface area contributed by atoms with Crippen LogP contribution in [0.1, 0.15) is 24.8 Å². The molecule has 1 fully saturated rings. The molecule has 20 heavy (non-hydrogen) atoms. The minimum absolute atomic E-state index is 0.0479. The summed E-state index contributed by atoms with van der Waals surface area (Å²) in [6, 6.07) is 7.85. The van der Waals surface area contributed by atoms with Crippen LogP contribution in [0.5, 0.6) is 0 Å². The second-order valence-corrected chi connectivity index (χ2v) is 5.96. The van der Waals surface area contributed by atoms with Crippen LogP contribution >= 0.6 is 15.9 Å². The first-order chi connectivity index (χ1) is 9.58. The molecule has 4 nitrogen and oxygen atoms in total. The Morgan fingerprint density at radius 2 is 2.10 bits per heavy atom. The summed E-state index contributed by atoms with van der Waals surface area (Å²) in [6.45, 7) is 1.03. The number of likely N-dealkylation sites (tertiary alicyclic amines) is 1. The van der Waals surface area contributed by atoms with Gasteiger partial charge in [0, 0.05) is 24.0 Å². The molecule has 1 amide bonds. The van der Waals surface area contributed by atoms with Gasteiger partial charge in [-0.05, 0) is 30.9 Å². The molecule has 5 heteroatoms. The molecule has 1 aliphatic heterocycles. The van der Waals surface area contributed by atoms with Crippen molar-refractivity contribution >= 4 is 27.8 Å². The molecular weight excluding hydrogens is 322 g/mol. The third-order valence-corrected chi connectivity index (χ3v) is 4.46. The molecule has 1 heterocycles. The number of carbonyl (C=O) groups is 2. The maximum Gasteiger partial charge on any atom is 0.308 e. The maximum absolute atomic E-state index is 12.2. The number of aryl methyl sites for hydroxylation is 1. The van der Waals surface area contributed by atoms with Gasteiger partial charge in [-0.15, -0.1) is 0 Å². The number of nitrogens with zero attached hydrogens (tertiary/aromatic N) is 1. The zero-order chi connectivity index (χ0) is 14.5. The van der Waals surface area contributed by atoms with Crippen LogP contribution in [0.25, 0.3) is 0 Å². The van der Waals surface area contributed by atoms with Crippen molar-refractivity contribution in [2.75, 3.05) is 13.1 Å². The van der Waals surface area contributed by atoms with Gasteiger partial charge in [0.15, 0.2) is 0 Å². The summed E-state index contributed by atoms with van der Waals surface area (Å²) < 4.78 is 1.01. The SMILES string of the molecule is O=C(O)[C@H]1CCCN(C(=O)CCc2ccccc2Br)C1. The van der Waals surface area contributed by atoms with E-state index in [-0.39, 0.29) is 5.91 Å². The van der Waals surface area contributed by atoms with Crippen molar-refractivity contribution in [3.8, 4) is 0 Å². The molecule has 0 aromatic heterocycles. The third kappa shape index (κ3) is 3.82. The van der Waals surface area contributed by atoms with Crippen LogP contribution < -0.4 is 0 Å². The molecule has 0 unspecified atom stereocenters. The molecule has 1 aromatic rings. The average molecular weight is 340 g/mol. The molecule has 0 radical (unpaired) electrons. The highest BCUT2D eigenvalue weighted by Gasteiger charge is 2.27. The van der Waals surface area contributed by atoms with E-state index in [1.165, 1.54) is 0 Å². The summed E-state index contributed by atoms with van der Waals surface area (Å²) in [5.74, 6) is -1.16. The first-order valence-corrected chi connectivity index (χ1v) is 7.61. The molecule has 1 N–H and O–H groups in total. The maximum atomic E-state index is 12.2. The largest absolute Gasteiger partial charge is 0.481 e. The van der Waals surface area contributed by atoms with Gasteiger partial charge < -0.3 is 10.0 Å². The Hall–Kier alpha value is -1.36. The number of benzene rings is 1. The van der Waals surface area contributed by atoms with E-state index >= 15 is 0 Å². The van der Waals surface area contributed by atoms with E-state index in [2.05, 4.69) is 15.9 Å². The highest BCUT2D eigenvalue weighted by Crippen LogP contribution is 2.20. The van der Waals surface area contributed by atoms with Gasteiger partial charge in [0.1, 0.15) is 0 Å². The van der Waals surface area contributed by atoms with Gasteiger partial charge in [-0.1, -0.05) is 34.1 Å². The molecule has 108 valence electrons. The molecular formula is C15H18BrNO3. The number of aliphatic carboxylic acids is 1. The number of carboxylic acid groups (broad SMARTS) is 1. The number of hydrogen-bond donors (Lipinski definition) is 1. The zero-order valence-corrected chi connectivity index (χ0v) is 12.8. The van der Waals surface area contributed by atoms with Crippen LogP contribution in [0.15, 0.2) is 28.7 Å². The van der Waals surface area contributed by atoms with Gasteiger partial charge in [-0.2, -0.15) is 0 Å². The lowest BCUT2D eigenvalue weighted by Crippen LogP contribution is -2.42. The van der Waals surface area contributed by atoms with E-state index < -0.39 is 11.9 Å². The lowest BCUT2D eigenvalue weighted by atomic mass is 9.97. The quantitative estimate of drug-likeness (QED) is 0.917. The summed E-state index contributed by atoms with van der Waals surface area (Å²) in [5, 5.41) is 9.04. The van der Waals surface area contributed by atoms with Gasteiger partial charge >= 0.3 is 5.97 Å². The van der Waals surface area contributed by atoms with E-state index in [0.29, 0.717) is 32.4 Å². The highest BCUT2D eigenvalue weighted by atomic mass is 79.9. The van der Waals surface area contributed by atoms with Crippen molar-refractivity contribution in [2.24, 2.45) is 5.92 Å². The Bertz CT molecular complexity index is 504. The van der Waals surface area contributed by atoms with Gasteiger partial charge in [0.25, 0.3) is 0 Å². The van der Waals surface area contributed by atoms with Crippen molar-refractivity contribution in [2.45, 2.75) is 25.7 Å². The molecule has 0 spiro atoms. The smallest absolute Gasteiger partial charge is 0.308 e. The number of hydrogen-bond acceptors (Lipinski definition) is 2. The van der Waals surface area contributed by atoms with Crippen molar-refractivity contribution in [1.29, 1.82) is 0 Å². The molecule has 0 saturated carbocycles. The molecule has 0 aliphatic carbocycles. The summed E-state index contributed by atoms with van der Waals surface area (Å²) in [7, 11) is 0. The van der Waals surface area contributed by atoms with E-state index in [9.17, 15) is 9.59 Å². The topological polar surface area (TPSA) is 57.6 Å². The van der Waals surface area contributed by atoms with Crippen LogP contribution in [0.4, 0.5) is 0 Å². The normalized spacial score (nSPS) is 18.9. The zero-order valence-electron chi connectivity index (χ0n) is 11.2. The molecule has 1 atom stereocenters. The van der Waals surface area contributed by atoms with E-state index in [1.54, 1.807) is 4.90 Å². The number of carboxylic acids is 1. The Morgan fingerprint density at radius 1 is 1.35 bits per heavy atom. The second-order valence-electron chi connectivity index (χ2n) is 5.11. The standard InChI is InChI=1S/C15H18BrNO3/c16-13-6-2-1-4-11(13)7-8-14(18)17-9-3-5-12(10-17)15(19)20/h1-2,4,6,12H,3,5,7-10H2,(H,19,20)/t12-/m0/s1. The fraction of sp³-hybridized carbons (Fsp3) is 0.467. The van der Waals surface area contributed by atoms with Crippen LogP contribution in [0.2, 0.25) is 0 Å². The number of halogens is 1. The monoisotopic (exact) mass is 339 g/mol. The third-order valence-electron chi connectivity index (χ3n) is 3.69. The summed E-state index contributed by atoms with van der Waals surface area (Å²) in [4.78, 5) is 24.9. The van der Waals surface area contributed by atoms with E-state index in [1.807, 2.05) is 24.3 Å². The number of carbonyl (C=O) groups excluding carboxylic acids is 1. The molecule has 2 rings (SSSR count). The molecule has 1 saturated heterocycles. The summed E-state index contributed by atoms with van der Waals surface area (Å²) >= 11 is 3.47. The van der Waals surface area contributed by atoms with Gasteiger partial charge in [0.2, 0.25) is 5.91 Å². The fourth-order valence-electron chi connectivity index (χ4n) is 2.51. The Balaban J connectivity index is 1.89. The van der Waals surface area contributed by atoms with Crippen molar-refractivity contribution in [3.05, 3.63) is 34.3 Å². The first kappa shape index (κ1) is 15.0. The molecule has 0 bridgehead atoms. The Labute approximate surface area is 126 Å². The molecule has 1 aliphatic rings. The van der Waals surface area contributed by atoms with Crippen molar-refractivity contribution < 1.29 is 14.7 Å². The lowest BCUT2D eigenvalue weighted by Gasteiger charge is -2.30. The predicted octanol–water partition coefficient (Wildman–Crippen LogP) is 2.70. The minimum atomic E-state index is -0.798. The second kappa shape index (κ2) is 6.88. The first-order valence-electron chi connectivity index (χ1n) is 6.82. The minimum Gasteiger partial charge on any atom is -0.481 e. The van der Waals surface area contributed by atoms with Gasteiger partial charge in [-0.25, -0.2) is 0 Å². The van der Waals surface area contributed by atoms with Crippen LogP contribution in [0.3, 0.4) is 0 Å². The summed E-state index contributed by atoms with van der Waals surface area (Å²) in [6.07, 6.45) is 2.55. The number of amides is 1. The lowest BCUT2D eigenvalue weighted by molar-refractivity contribution is -0.145. The number of piperidine rings is 1. The summed E-state index contributed by atoms with van der Waals surface area (Å²) in [5.41, 5.74) is 1.10. The average Bonchev–Trinajstić information content (AvgIpc) is 2.46. The van der Waals surface area contributed by atoms with Crippen LogP contribution in [-0.4, -0.2) is 35.0 Å². The van der Waals surface area contributed by atoms with E-state index in [4.69, 9.17) is 5.11 Å². The van der Waals surface area contributed by atoms with Gasteiger partial charge in [-0.3, -0.25) is 9.59 Å². The van der Waals surface area contributed by atoms with Crippen LogP contribution in [0, 0.1) is 5.92 Å². The van der Waals surface area contributed by atoms with E-state index in [0.717, 1.165) is 16.5 Å². The molecule has 1 aromatic carbocycles. The van der Waals surface area contributed by atoms with Crippen molar-refractivity contribution in [1.82, 2.24) is 4.90 Å². The predicted molar refractivity (Wildman–Crippen MR) is 79.4 cm³/mol. The van der Waals surface area contributed by atoms with Gasteiger partial charge in [0.05, 0.1) is 5.92 Å². The number of rotatable bonds is 4. The van der Waals surface area contributed by atoms with Crippen molar-refractivity contribution in [3.63, 3.8) is 0 Å². The Morgan fingerprint density at radius 3 is 2.80 bits per heavy atom. The van der Waals surface area contributed by atoms with Crippen LogP contribution in [-0.2, 0) is 16.0 Å². The Kier molecular flexibility index (Phi) is 5.17. The highest BCUT2D eigenvalue weighted by molar-refractivity contribution is 9.10. The fourth-order valence-corrected chi connectivity index (χ4v) is 2.99.